The van der Waals surface area contributed by atoms with E-state index in [1.54, 1.807) is 0 Å². The second-order valence-corrected chi connectivity index (χ2v) is 6.77. The van der Waals surface area contributed by atoms with Crippen LogP contribution in [0.1, 0.15) is 23.5 Å². The predicted molar refractivity (Wildman–Crippen MR) is 89.5 cm³/mol. The fraction of sp³-hybridized carbons (Fsp3) is 0.286. The Morgan fingerprint density at radius 1 is 1.38 bits per heavy atom. The molecule has 2 aromatic rings. The summed E-state index contributed by atoms with van der Waals surface area (Å²) in [6.45, 7) is 3.66. The first-order chi connectivity index (χ1) is 9.90. The van der Waals surface area contributed by atoms with E-state index >= 15 is 0 Å². The van der Waals surface area contributed by atoms with Gasteiger partial charge >= 0.3 is 0 Å². The number of amides is 2. The van der Waals surface area contributed by atoms with Crippen molar-refractivity contribution in [2.45, 2.75) is 19.9 Å². The highest BCUT2D eigenvalue weighted by molar-refractivity contribution is 9.10. The maximum Gasteiger partial charge on any atom is 0.263 e. The Morgan fingerprint density at radius 3 is 2.71 bits per heavy atom. The van der Waals surface area contributed by atoms with E-state index in [-0.39, 0.29) is 24.4 Å². The van der Waals surface area contributed by atoms with Crippen molar-refractivity contribution in [2.75, 3.05) is 12.3 Å². The molecule has 1 aromatic carbocycles. The van der Waals surface area contributed by atoms with Crippen molar-refractivity contribution in [1.82, 2.24) is 10.6 Å². The number of hydrogen-bond acceptors (Lipinski definition) is 4. The number of halogens is 1. The fourth-order valence-corrected chi connectivity index (χ4v) is 3.69. The zero-order valence-corrected chi connectivity index (χ0v) is 14.1. The number of hydrogen-bond donors (Lipinski definition) is 3. The molecule has 0 unspecified atom stereocenters. The van der Waals surface area contributed by atoms with Gasteiger partial charge in [0.2, 0.25) is 5.91 Å². The van der Waals surface area contributed by atoms with Gasteiger partial charge in [-0.25, -0.2) is 0 Å². The minimum Gasteiger partial charge on any atom is -0.397 e. The maximum absolute atomic E-state index is 12.2. The third kappa shape index (κ3) is 3.54. The average molecular weight is 370 g/mol. The van der Waals surface area contributed by atoms with Crippen molar-refractivity contribution in [3.05, 3.63) is 27.5 Å². The Morgan fingerprint density at radius 2 is 2.10 bits per heavy atom. The van der Waals surface area contributed by atoms with Crippen LogP contribution >= 0.6 is 27.3 Å². The molecule has 112 valence electrons. The van der Waals surface area contributed by atoms with Gasteiger partial charge in [0, 0.05) is 20.6 Å². The van der Waals surface area contributed by atoms with Crippen LogP contribution in [-0.2, 0) is 4.79 Å². The lowest BCUT2D eigenvalue weighted by atomic mass is 10.2. The third-order valence-electron chi connectivity index (χ3n) is 2.77. The van der Waals surface area contributed by atoms with Crippen molar-refractivity contribution in [2.24, 2.45) is 0 Å². The molecule has 0 aliphatic rings. The molecular formula is C14H16BrN3O2S. The average Bonchev–Trinajstić information content (AvgIpc) is 2.74. The summed E-state index contributed by atoms with van der Waals surface area (Å²) < 4.78 is 1.78. The number of carbonyl (C=O) groups excluding carboxylic acids is 2. The normalized spacial score (nSPS) is 10.9. The van der Waals surface area contributed by atoms with E-state index in [0.29, 0.717) is 10.6 Å². The van der Waals surface area contributed by atoms with Gasteiger partial charge in [0.1, 0.15) is 4.88 Å². The number of anilines is 1. The highest BCUT2D eigenvalue weighted by atomic mass is 79.9. The SMILES string of the molecule is CC(C)NC(=O)CNC(=O)c1sc2cccc(Br)c2c1N. The lowest BCUT2D eigenvalue weighted by Gasteiger charge is -2.08. The molecule has 2 rings (SSSR count). The standard InChI is InChI=1S/C14H16BrN3O2S/c1-7(2)18-10(19)6-17-14(20)13-12(16)11-8(15)4-3-5-9(11)21-13/h3-5,7H,6,16H2,1-2H3,(H,17,20)(H,18,19). The van der Waals surface area contributed by atoms with Crippen molar-refractivity contribution < 1.29 is 9.59 Å². The molecule has 0 radical (unpaired) electrons. The second-order valence-electron chi connectivity index (χ2n) is 4.86. The molecule has 0 saturated heterocycles. The molecule has 0 atom stereocenters. The number of fused-ring (bicyclic) bond motifs is 1. The molecule has 0 saturated carbocycles. The molecular weight excluding hydrogens is 354 g/mol. The van der Waals surface area contributed by atoms with Crippen molar-refractivity contribution in [3.63, 3.8) is 0 Å². The lowest BCUT2D eigenvalue weighted by Crippen LogP contribution is -2.39. The van der Waals surface area contributed by atoms with E-state index in [0.717, 1.165) is 14.6 Å². The van der Waals surface area contributed by atoms with E-state index in [1.807, 2.05) is 32.0 Å². The van der Waals surface area contributed by atoms with Gasteiger partial charge in [0.25, 0.3) is 5.91 Å². The highest BCUT2D eigenvalue weighted by Gasteiger charge is 2.18. The number of benzene rings is 1. The summed E-state index contributed by atoms with van der Waals surface area (Å²) in [6.07, 6.45) is 0. The Kier molecular flexibility index (Phi) is 4.84. The molecule has 7 heteroatoms. The smallest absolute Gasteiger partial charge is 0.263 e. The van der Waals surface area contributed by atoms with Gasteiger partial charge in [0.15, 0.2) is 0 Å². The maximum atomic E-state index is 12.2. The van der Waals surface area contributed by atoms with Crippen LogP contribution in [0.25, 0.3) is 10.1 Å². The molecule has 2 amide bonds. The summed E-state index contributed by atoms with van der Waals surface area (Å²) >= 11 is 4.74. The summed E-state index contributed by atoms with van der Waals surface area (Å²) in [4.78, 5) is 24.1. The van der Waals surface area contributed by atoms with Crippen LogP contribution < -0.4 is 16.4 Å². The monoisotopic (exact) mass is 369 g/mol. The second kappa shape index (κ2) is 6.44. The summed E-state index contributed by atoms with van der Waals surface area (Å²) in [5.74, 6) is -0.557. The minimum absolute atomic E-state index is 0.0414. The first-order valence-corrected chi connectivity index (χ1v) is 8.05. The van der Waals surface area contributed by atoms with Crippen molar-refractivity contribution in [3.8, 4) is 0 Å². The summed E-state index contributed by atoms with van der Waals surface area (Å²) in [5, 5.41) is 6.13. The Bertz CT molecular complexity index is 697. The van der Waals surface area contributed by atoms with E-state index in [4.69, 9.17) is 5.73 Å². The van der Waals surface area contributed by atoms with E-state index in [2.05, 4.69) is 26.6 Å². The first kappa shape index (κ1) is 15.8. The van der Waals surface area contributed by atoms with Crippen LogP contribution in [0.15, 0.2) is 22.7 Å². The molecule has 4 N–H and O–H groups in total. The molecule has 1 aromatic heterocycles. The van der Waals surface area contributed by atoms with Crippen molar-refractivity contribution >= 4 is 54.9 Å². The number of carbonyl (C=O) groups is 2. The third-order valence-corrected chi connectivity index (χ3v) is 4.60. The van der Waals surface area contributed by atoms with Crippen LogP contribution in [0.4, 0.5) is 5.69 Å². The van der Waals surface area contributed by atoms with Gasteiger partial charge in [0.05, 0.1) is 12.2 Å². The van der Waals surface area contributed by atoms with E-state index in [1.165, 1.54) is 11.3 Å². The predicted octanol–water partition coefficient (Wildman–Crippen LogP) is 2.50. The number of nitrogen functional groups attached to an aromatic ring is 1. The van der Waals surface area contributed by atoms with Gasteiger partial charge in [-0.05, 0) is 26.0 Å². The van der Waals surface area contributed by atoms with Crippen LogP contribution in [0.3, 0.4) is 0 Å². The minimum atomic E-state index is -0.334. The van der Waals surface area contributed by atoms with Gasteiger partial charge in [-0.15, -0.1) is 11.3 Å². The summed E-state index contributed by atoms with van der Waals surface area (Å²) in [7, 11) is 0. The van der Waals surface area contributed by atoms with E-state index < -0.39 is 0 Å². The van der Waals surface area contributed by atoms with Crippen LogP contribution in [0.5, 0.6) is 0 Å². The van der Waals surface area contributed by atoms with Crippen LogP contribution in [0, 0.1) is 0 Å². The van der Waals surface area contributed by atoms with Gasteiger partial charge in [-0.1, -0.05) is 22.0 Å². The Hall–Kier alpha value is -1.60. The molecule has 21 heavy (non-hydrogen) atoms. The molecule has 0 spiro atoms. The molecule has 0 aliphatic carbocycles. The number of thiophene rings is 1. The van der Waals surface area contributed by atoms with Crippen LogP contribution in [0.2, 0.25) is 0 Å². The fourth-order valence-electron chi connectivity index (χ4n) is 1.91. The van der Waals surface area contributed by atoms with E-state index in [9.17, 15) is 9.59 Å². The Labute approximate surface area is 135 Å². The number of rotatable bonds is 4. The molecule has 5 nitrogen and oxygen atoms in total. The summed E-state index contributed by atoms with van der Waals surface area (Å²) in [6, 6.07) is 5.71. The molecule has 1 heterocycles. The number of nitrogens with two attached hydrogens (primary N) is 1. The zero-order chi connectivity index (χ0) is 15.6. The number of nitrogens with one attached hydrogen (secondary N) is 2. The molecule has 0 bridgehead atoms. The van der Waals surface area contributed by atoms with Gasteiger partial charge < -0.3 is 16.4 Å². The van der Waals surface area contributed by atoms with Gasteiger partial charge in [-0.2, -0.15) is 0 Å². The molecule has 0 fully saturated rings. The quantitative estimate of drug-likeness (QED) is 0.773. The topological polar surface area (TPSA) is 84.2 Å². The van der Waals surface area contributed by atoms with Crippen LogP contribution in [-0.4, -0.2) is 24.4 Å². The summed E-state index contributed by atoms with van der Waals surface area (Å²) in [5.41, 5.74) is 6.48. The zero-order valence-electron chi connectivity index (χ0n) is 11.7. The largest absolute Gasteiger partial charge is 0.397 e. The molecule has 0 aliphatic heterocycles. The van der Waals surface area contributed by atoms with Gasteiger partial charge in [-0.3, -0.25) is 9.59 Å². The van der Waals surface area contributed by atoms with Crippen molar-refractivity contribution in [1.29, 1.82) is 0 Å². The first-order valence-electron chi connectivity index (χ1n) is 6.44. The highest BCUT2D eigenvalue weighted by Crippen LogP contribution is 2.37. The Balaban J connectivity index is 2.15. The lowest BCUT2D eigenvalue weighted by molar-refractivity contribution is -0.120.